The maximum absolute atomic E-state index is 13.2. The SMILES string of the molecule is Cl.N[C@@H]1CCCN(C(=O)c2cc(F)ccc2[N+](=O)[O-])C1. The first-order valence-electron chi connectivity index (χ1n) is 5.98. The van der Waals surface area contributed by atoms with Crippen LogP contribution in [0.2, 0.25) is 0 Å². The van der Waals surface area contributed by atoms with E-state index in [2.05, 4.69) is 0 Å². The average Bonchev–Trinajstić information content (AvgIpc) is 2.37. The molecular formula is C12H15ClFN3O3. The fourth-order valence-electron chi connectivity index (χ4n) is 2.20. The van der Waals surface area contributed by atoms with E-state index in [1.807, 2.05) is 0 Å². The predicted octanol–water partition coefficient (Wildman–Crippen LogP) is 1.72. The van der Waals surface area contributed by atoms with Gasteiger partial charge in [-0.3, -0.25) is 14.9 Å². The Bertz CT molecular complexity index is 527. The van der Waals surface area contributed by atoms with Gasteiger partial charge in [-0.05, 0) is 25.0 Å². The van der Waals surface area contributed by atoms with Gasteiger partial charge in [-0.25, -0.2) is 4.39 Å². The van der Waals surface area contributed by atoms with Gasteiger partial charge in [-0.15, -0.1) is 12.4 Å². The van der Waals surface area contributed by atoms with Gasteiger partial charge in [0.25, 0.3) is 11.6 Å². The molecule has 1 heterocycles. The molecule has 0 aromatic heterocycles. The van der Waals surface area contributed by atoms with E-state index in [0.29, 0.717) is 13.1 Å². The highest BCUT2D eigenvalue weighted by Gasteiger charge is 2.28. The maximum atomic E-state index is 13.2. The van der Waals surface area contributed by atoms with Crippen molar-refractivity contribution in [3.8, 4) is 0 Å². The summed E-state index contributed by atoms with van der Waals surface area (Å²) in [5.74, 6) is -1.21. The van der Waals surface area contributed by atoms with E-state index in [9.17, 15) is 19.3 Å². The standard InChI is InChI=1S/C12H14FN3O3.ClH/c13-8-3-4-11(16(18)19)10(6-8)12(17)15-5-1-2-9(14)7-15;/h3-4,6,9H,1-2,5,7,14H2;1H/t9-;/m1./s1. The van der Waals surface area contributed by atoms with Crippen LogP contribution in [0.3, 0.4) is 0 Å². The molecule has 2 rings (SSSR count). The molecule has 0 bridgehead atoms. The zero-order valence-corrected chi connectivity index (χ0v) is 11.4. The molecule has 1 fully saturated rings. The number of nitro benzene ring substituents is 1. The Kier molecular flexibility index (Phi) is 5.41. The fraction of sp³-hybridized carbons (Fsp3) is 0.417. The minimum atomic E-state index is -0.684. The van der Waals surface area contributed by atoms with E-state index in [1.165, 1.54) is 4.90 Å². The number of benzene rings is 1. The minimum absolute atomic E-state index is 0. The van der Waals surface area contributed by atoms with Crippen molar-refractivity contribution < 1.29 is 14.1 Å². The highest BCUT2D eigenvalue weighted by atomic mass is 35.5. The third-order valence-electron chi connectivity index (χ3n) is 3.13. The zero-order valence-electron chi connectivity index (χ0n) is 10.6. The van der Waals surface area contributed by atoms with Crippen LogP contribution in [0.25, 0.3) is 0 Å². The van der Waals surface area contributed by atoms with Crippen molar-refractivity contribution in [2.45, 2.75) is 18.9 Å². The third-order valence-corrected chi connectivity index (χ3v) is 3.13. The molecule has 110 valence electrons. The lowest BCUT2D eigenvalue weighted by Crippen LogP contribution is -2.45. The summed E-state index contributed by atoms with van der Waals surface area (Å²) in [5, 5.41) is 10.9. The minimum Gasteiger partial charge on any atom is -0.337 e. The van der Waals surface area contributed by atoms with Crippen molar-refractivity contribution in [2.75, 3.05) is 13.1 Å². The molecule has 1 saturated heterocycles. The third kappa shape index (κ3) is 3.43. The molecule has 2 N–H and O–H groups in total. The summed E-state index contributed by atoms with van der Waals surface area (Å²) in [6.45, 7) is 0.826. The Morgan fingerprint density at radius 1 is 1.50 bits per heavy atom. The van der Waals surface area contributed by atoms with Crippen LogP contribution in [0, 0.1) is 15.9 Å². The molecular weight excluding hydrogens is 289 g/mol. The number of halogens is 2. The van der Waals surface area contributed by atoms with Gasteiger partial charge in [0, 0.05) is 25.2 Å². The van der Waals surface area contributed by atoms with Crippen molar-refractivity contribution in [3.05, 3.63) is 39.7 Å². The molecule has 6 nitrogen and oxygen atoms in total. The first kappa shape index (κ1) is 16.3. The van der Waals surface area contributed by atoms with E-state index in [1.54, 1.807) is 0 Å². The van der Waals surface area contributed by atoms with Crippen LogP contribution in [0.5, 0.6) is 0 Å². The van der Waals surface area contributed by atoms with Crippen molar-refractivity contribution >= 4 is 24.0 Å². The lowest BCUT2D eigenvalue weighted by molar-refractivity contribution is -0.385. The number of hydrogen-bond donors (Lipinski definition) is 1. The molecule has 1 aliphatic heterocycles. The van der Waals surface area contributed by atoms with E-state index < -0.39 is 16.6 Å². The maximum Gasteiger partial charge on any atom is 0.282 e. The normalized spacial score (nSPS) is 18.3. The Balaban J connectivity index is 0.00000200. The predicted molar refractivity (Wildman–Crippen MR) is 73.4 cm³/mol. The number of rotatable bonds is 2. The first-order chi connectivity index (χ1) is 8.99. The van der Waals surface area contributed by atoms with Gasteiger partial charge in [0.15, 0.2) is 0 Å². The summed E-state index contributed by atoms with van der Waals surface area (Å²) in [6.07, 6.45) is 1.56. The molecule has 0 unspecified atom stereocenters. The molecule has 0 radical (unpaired) electrons. The Labute approximate surface area is 121 Å². The molecule has 0 aliphatic carbocycles. The monoisotopic (exact) mass is 303 g/mol. The number of amides is 1. The lowest BCUT2D eigenvalue weighted by Gasteiger charge is -2.30. The molecule has 0 spiro atoms. The van der Waals surface area contributed by atoms with Crippen molar-refractivity contribution in [1.82, 2.24) is 4.90 Å². The number of carbonyl (C=O) groups is 1. The quantitative estimate of drug-likeness (QED) is 0.665. The number of nitrogens with zero attached hydrogens (tertiary/aromatic N) is 2. The van der Waals surface area contributed by atoms with Crippen LogP contribution in [-0.4, -0.2) is 34.9 Å². The van der Waals surface area contributed by atoms with Crippen LogP contribution in [0.15, 0.2) is 18.2 Å². The molecule has 1 aliphatic rings. The number of nitrogens with two attached hydrogens (primary N) is 1. The van der Waals surface area contributed by atoms with Gasteiger partial charge in [0.05, 0.1) is 4.92 Å². The number of carbonyl (C=O) groups excluding carboxylic acids is 1. The second-order valence-electron chi connectivity index (χ2n) is 4.57. The number of likely N-dealkylation sites (tertiary alicyclic amines) is 1. The Morgan fingerprint density at radius 3 is 2.80 bits per heavy atom. The number of nitro groups is 1. The van der Waals surface area contributed by atoms with Crippen molar-refractivity contribution in [2.24, 2.45) is 5.73 Å². The van der Waals surface area contributed by atoms with E-state index in [-0.39, 0.29) is 29.7 Å². The Hall–Kier alpha value is -1.73. The molecule has 8 heteroatoms. The second kappa shape index (κ2) is 6.62. The fourth-order valence-corrected chi connectivity index (χ4v) is 2.20. The van der Waals surface area contributed by atoms with Gasteiger partial charge in [-0.1, -0.05) is 0 Å². The summed E-state index contributed by atoms with van der Waals surface area (Å²) in [4.78, 5) is 23.9. The number of hydrogen-bond acceptors (Lipinski definition) is 4. The first-order valence-corrected chi connectivity index (χ1v) is 5.98. The zero-order chi connectivity index (χ0) is 14.0. The van der Waals surface area contributed by atoms with Crippen LogP contribution in [-0.2, 0) is 0 Å². The van der Waals surface area contributed by atoms with E-state index >= 15 is 0 Å². The van der Waals surface area contributed by atoms with Gasteiger partial charge in [0.1, 0.15) is 11.4 Å². The van der Waals surface area contributed by atoms with Crippen LogP contribution in [0.1, 0.15) is 23.2 Å². The second-order valence-corrected chi connectivity index (χ2v) is 4.57. The van der Waals surface area contributed by atoms with Crippen molar-refractivity contribution in [3.63, 3.8) is 0 Å². The van der Waals surface area contributed by atoms with Gasteiger partial charge < -0.3 is 10.6 Å². The summed E-state index contributed by atoms with van der Waals surface area (Å²) >= 11 is 0. The highest BCUT2D eigenvalue weighted by molar-refractivity contribution is 5.98. The van der Waals surface area contributed by atoms with Crippen LogP contribution >= 0.6 is 12.4 Å². The van der Waals surface area contributed by atoms with E-state index in [4.69, 9.17) is 5.73 Å². The smallest absolute Gasteiger partial charge is 0.282 e. The van der Waals surface area contributed by atoms with Gasteiger partial charge >= 0.3 is 0 Å². The van der Waals surface area contributed by atoms with Gasteiger partial charge in [0.2, 0.25) is 0 Å². The Morgan fingerprint density at radius 2 is 2.20 bits per heavy atom. The van der Waals surface area contributed by atoms with Crippen molar-refractivity contribution in [1.29, 1.82) is 0 Å². The summed E-state index contributed by atoms with van der Waals surface area (Å²) in [7, 11) is 0. The summed E-state index contributed by atoms with van der Waals surface area (Å²) in [5.41, 5.74) is 5.16. The number of piperidine rings is 1. The molecule has 1 aromatic rings. The highest BCUT2D eigenvalue weighted by Crippen LogP contribution is 2.22. The molecule has 1 aromatic carbocycles. The van der Waals surface area contributed by atoms with E-state index in [0.717, 1.165) is 31.0 Å². The largest absolute Gasteiger partial charge is 0.337 e. The summed E-state index contributed by atoms with van der Waals surface area (Å²) in [6, 6.07) is 2.74. The summed E-state index contributed by atoms with van der Waals surface area (Å²) < 4.78 is 13.2. The van der Waals surface area contributed by atoms with Crippen LogP contribution < -0.4 is 5.73 Å². The molecule has 1 amide bonds. The van der Waals surface area contributed by atoms with Crippen LogP contribution in [0.4, 0.5) is 10.1 Å². The average molecular weight is 304 g/mol. The molecule has 1 atom stereocenters. The lowest BCUT2D eigenvalue weighted by atomic mass is 10.0. The molecule has 20 heavy (non-hydrogen) atoms. The van der Waals surface area contributed by atoms with Gasteiger partial charge in [-0.2, -0.15) is 0 Å². The molecule has 0 saturated carbocycles. The topological polar surface area (TPSA) is 89.5 Å².